The monoisotopic (exact) mass is 162 g/mol. The molecule has 0 amide bonds. The number of aryl methyl sites for hydroxylation is 1. The van der Waals surface area contributed by atoms with Gasteiger partial charge >= 0.3 is 0 Å². The summed E-state index contributed by atoms with van der Waals surface area (Å²) < 4.78 is 0. The molecule has 3 heteroatoms. The van der Waals surface area contributed by atoms with Gasteiger partial charge in [0.05, 0.1) is 6.61 Å². The van der Waals surface area contributed by atoms with E-state index in [1.54, 1.807) is 12.3 Å². The highest BCUT2D eigenvalue weighted by Crippen LogP contribution is 1.91. The summed E-state index contributed by atoms with van der Waals surface area (Å²) >= 11 is 0. The van der Waals surface area contributed by atoms with Crippen LogP contribution in [0, 0.1) is 18.8 Å². The fourth-order valence-electron chi connectivity index (χ4n) is 0.735. The van der Waals surface area contributed by atoms with Gasteiger partial charge in [-0.25, -0.2) is 9.97 Å². The van der Waals surface area contributed by atoms with Gasteiger partial charge in [0.2, 0.25) is 0 Å². The Kier molecular flexibility index (Phi) is 3.24. The summed E-state index contributed by atoms with van der Waals surface area (Å²) in [5, 5.41) is 8.46. The van der Waals surface area contributed by atoms with Crippen molar-refractivity contribution in [2.75, 3.05) is 6.61 Å². The molecule has 0 bridgehead atoms. The first-order valence-electron chi connectivity index (χ1n) is 3.72. The Morgan fingerprint density at radius 2 is 2.42 bits per heavy atom. The number of hydrogen-bond donors (Lipinski definition) is 1. The molecule has 12 heavy (non-hydrogen) atoms. The Hall–Kier alpha value is -1.40. The molecule has 0 spiro atoms. The second-order valence-corrected chi connectivity index (χ2v) is 2.26. The van der Waals surface area contributed by atoms with E-state index >= 15 is 0 Å². The molecule has 1 aromatic rings. The molecule has 0 aliphatic rings. The van der Waals surface area contributed by atoms with Crippen molar-refractivity contribution in [3.05, 3.63) is 23.8 Å². The van der Waals surface area contributed by atoms with Gasteiger partial charge in [0.25, 0.3) is 0 Å². The number of nitrogens with zero attached hydrogens (tertiary/aromatic N) is 2. The predicted molar refractivity (Wildman–Crippen MR) is 45.3 cm³/mol. The molecule has 0 aromatic carbocycles. The number of aromatic nitrogens is 2. The summed E-state index contributed by atoms with van der Waals surface area (Å²) in [6.07, 6.45) is 2.16. The second-order valence-electron chi connectivity index (χ2n) is 2.26. The summed E-state index contributed by atoms with van der Waals surface area (Å²) in [6.45, 7) is 1.91. The average Bonchev–Trinajstić information content (AvgIpc) is 2.05. The Bertz CT molecular complexity index is 312. The quantitative estimate of drug-likeness (QED) is 0.612. The van der Waals surface area contributed by atoms with E-state index < -0.39 is 0 Å². The van der Waals surface area contributed by atoms with Crippen LogP contribution in [0.2, 0.25) is 0 Å². The van der Waals surface area contributed by atoms with Gasteiger partial charge in [-0.05, 0) is 18.9 Å². The minimum Gasteiger partial charge on any atom is -0.395 e. The van der Waals surface area contributed by atoms with Crippen molar-refractivity contribution in [1.29, 1.82) is 0 Å². The lowest BCUT2D eigenvalue weighted by molar-refractivity contribution is 0.305. The zero-order valence-corrected chi connectivity index (χ0v) is 6.91. The normalized spacial score (nSPS) is 8.83. The standard InChI is InChI=1S/C9H10N2O/c1-8-10-6-5-9(11-8)4-2-3-7-12/h5-6,12H,3,7H2,1H3. The van der Waals surface area contributed by atoms with Crippen LogP contribution in [0.1, 0.15) is 17.9 Å². The first-order chi connectivity index (χ1) is 5.83. The first-order valence-corrected chi connectivity index (χ1v) is 3.72. The molecule has 0 aliphatic heterocycles. The highest BCUT2D eigenvalue weighted by molar-refractivity contribution is 5.26. The van der Waals surface area contributed by atoms with Gasteiger partial charge in [0.15, 0.2) is 0 Å². The molecule has 0 radical (unpaired) electrons. The lowest BCUT2D eigenvalue weighted by Crippen LogP contribution is -1.89. The highest BCUT2D eigenvalue weighted by atomic mass is 16.2. The highest BCUT2D eigenvalue weighted by Gasteiger charge is 1.88. The van der Waals surface area contributed by atoms with Crippen LogP contribution in [0.15, 0.2) is 12.3 Å². The number of hydrogen-bond acceptors (Lipinski definition) is 3. The van der Waals surface area contributed by atoms with Gasteiger partial charge in [-0.15, -0.1) is 0 Å². The molecular weight excluding hydrogens is 152 g/mol. The Labute approximate surface area is 71.5 Å². The molecule has 0 aliphatic carbocycles. The third-order valence-corrected chi connectivity index (χ3v) is 1.23. The number of rotatable bonds is 1. The van der Waals surface area contributed by atoms with Crippen LogP contribution in [0.5, 0.6) is 0 Å². The molecule has 0 saturated carbocycles. The molecule has 3 nitrogen and oxygen atoms in total. The van der Waals surface area contributed by atoms with E-state index in [2.05, 4.69) is 21.8 Å². The van der Waals surface area contributed by atoms with Gasteiger partial charge in [0.1, 0.15) is 11.5 Å². The molecule has 0 unspecified atom stereocenters. The summed E-state index contributed by atoms with van der Waals surface area (Å²) in [4.78, 5) is 8.02. The van der Waals surface area contributed by atoms with Crippen molar-refractivity contribution >= 4 is 0 Å². The fourth-order valence-corrected chi connectivity index (χ4v) is 0.735. The maximum absolute atomic E-state index is 8.46. The molecule has 1 heterocycles. The van der Waals surface area contributed by atoms with E-state index in [1.165, 1.54) is 0 Å². The van der Waals surface area contributed by atoms with Crippen LogP contribution in [0.4, 0.5) is 0 Å². The summed E-state index contributed by atoms with van der Waals surface area (Å²) in [7, 11) is 0. The fraction of sp³-hybridized carbons (Fsp3) is 0.333. The maximum atomic E-state index is 8.46. The summed E-state index contributed by atoms with van der Waals surface area (Å²) in [5.41, 5.74) is 0.705. The molecule has 1 rings (SSSR count). The lowest BCUT2D eigenvalue weighted by atomic mass is 10.3. The molecule has 0 atom stereocenters. The van der Waals surface area contributed by atoms with Gasteiger partial charge < -0.3 is 5.11 Å². The van der Waals surface area contributed by atoms with Crippen LogP contribution in [0.3, 0.4) is 0 Å². The van der Waals surface area contributed by atoms with E-state index in [4.69, 9.17) is 5.11 Å². The molecule has 1 aromatic heterocycles. The maximum Gasteiger partial charge on any atom is 0.126 e. The van der Waals surface area contributed by atoms with Crippen LogP contribution in [0.25, 0.3) is 0 Å². The summed E-state index contributed by atoms with van der Waals surface area (Å²) in [5.74, 6) is 6.33. The van der Waals surface area contributed by atoms with Crippen molar-refractivity contribution in [3.63, 3.8) is 0 Å². The van der Waals surface area contributed by atoms with E-state index in [0.29, 0.717) is 17.9 Å². The van der Waals surface area contributed by atoms with Crippen molar-refractivity contribution in [2.45, 2.75) is 13.3 Å². The third kappa shape index (κ3) is 2.69. The van der Waals surface area contributed by atoms with E-state index in [-0.39, 0.29) is 6.61 Å². The van der Waals surface area contributed by atoms with Gasteiger partial charge in [0, 0.05) is 12.6 Å². The van der Waals surface area contributed by atoms with Crippen LogP contribution in [-0.2, 0) is 0 Å². The average molecular weight is 162 g/mol. The van der Waals surface area contributed by atoms with Gasteiger partial charge in [-0.2, -0.15) is 0 Å². The van der Waals surface area contributed by atoms with Crippen LogP contribution >= 0.6 is 0 Å². The zero-order chi connectivity index (χ0) is 8.81. The molecule has 0 saturated heterocycles. The smallest absolute Gasteiger partial charge is 0.126 e. The van der Waals surface area contributed by atoms with Gasteiger partial charge in [-0.1, -0.05) is 5.92 Å². The molecule has 1 N–H and O–H groups in total. The van der Waals surface area contributed by atoms with Crippen LogP contribution < -0.4 is 0 Å². The van der Waals surface area contributed by atoms with E-state index in [0.717, 1.165) is 0 Å². The van der Waals surface area contributed by atoms with E-state index in [1.807, 2.05) is 6.92 Å². The number of aliphatic hydroxyl groups is 1. The topological polar surface area (TPSA) is 46.0 Å². The minimum atomic E-state index is 0.0943. The molecule has 0 fully saturated rings. The van der Waals surface area contributed by atoms with E-state index in [9.17, 15) is 0 Å². The first kappa shape index (κ1) is 8.69. The minimum absolute atomic E-state index is 0.0943. The molecule has 62 valence electrons. The van der Waals surface area contributed by atoms with Crippen molar-refractivity contribution in [1.82, 2.24) is 9.97 Å². The Morgan fingerprint density at radius 3 is 3.08 bits per heavy atom. The Morgan fingerprint density at radius 1 is 1.58 bits per heavy atom. The largest absolute Gasteiger partial charge is 0.395 e. The van der Waals surface area contributed by atoms with Crippen molar-refractivity contribution in [3.8, 4) is 11.8 Å². The predicted octanol–water partition coefficient (Wildman–Crippen LogP) is 0.519. The van der Waals surface area contributed by atoms with Crippen molar-refractivity contribution in [2.24, 2.45) is 0 Å². The Balaban J connectivity index is 2.71. The SMILES string of the molecule is Cc1nccc(C#CCCO)n1. The molecular formula is C9H10N2O. The second kappa shape index (κ2) is 4.47. The van der Waals surface area contributed by atoms with Crippen molar-refractivity contribution < 1.29 is 5.11 Å². The van der Waals surface area contributed by atoms with Gasteiger partial charge in [-0.3, -0.25) is 0 Å². The summed E-state index contributed by atoms with van der Waals surface area (Å²) in [6, 6.07) is 1.75. The lowest BCUT2D eigenvalue weighted by Gasteiger charge is -1.90. The zero-order valence-electron chi connectivity index (χ0n) is 6.91. The third-order valence-electron chi connectivity index (χ3n) is 1.23. The number of aliphatic hydroxyl groups excluding tert-OH is 1. The van der Waals surface area contributed by atoms with Crippen LogP contribution in [-0.4, -0.2) is 21.7 Å².